The molecule has 5 heteroatoms. The number of carbonyl (C=O) groups excluding carboxylic acids is 1. The number of fused-ring (bicyclic) bond motifs is 4. The van der Waals surface area contributed by atoms with Crippen LogP contribution in [0, 0.1) is 5.92 Å². The average Bonchev–Trinajstić information content (AvgIpc) is 3.29. The summed E-state index contributed by atoms with van der Waals surface area (Å²) < 4.78 is 11.6. The van der Waals surface area contributed by atoms with Crippen LogP contribution in [0.25, 0.3) is 22.5 Å². The molecule has 1 amide bonds. The molecule has 0 radical (unpaired) electrons. The van der Waals surface area contributed by atoms with Gasteiger partial charge >= 0.3 is 0 Å². The summed E-state index contributed by atoms with van der Waals surface area (Å²) in [6, 6.07) is 13.5. The Morgan fingerprint density at radius 3 is 2.64 bits per heavy atom. The van der Waals surface area contributed by atoms with Crippen LogP contribution in [0.15, 0.2) is 51.3 Å². The van der Waals surface area contributed by atoms with Gasteiger partial charge in [-0.15, -0.1) is 0 Å². The Morgan fingerprint density at radius 2 is 1.88 bits per heavy atom. The molecule has 1 N–H and O–H groups in total. The first-order valence-corrected chi connectivity index (χ1v) is 8.88. The summed E-state index contributed by atoms with van der Waals surface area (Å²) in [4.78, 5) is 15.0. The fraction of sp³-hybridized carbons (Fsp3) is 0.350. The predicted octanol–water partition coefficient (Wildman–Crippen LogP) is 3.52. The van der Waals surface area contributed by atoms with Gasteiger partial charge < -0.3 is 19.1 Å². The Hall–Kier alpha value is -2.53. The van der Waals surface area contributed by atoms with Crippen LogP contribution in [0.3, 0.4) is 0 Å². The van der Waals surface area contributed by atoms with Crippen LogP contribution >= 0.6 is 0 Å². The summed E-state index contributed by atoms with van der Waals surface area (Å²) in [5.41, 5.74) is 0.812. The van der Waals surface area contributed by atoms with E-state index in [0.29, 0.717) is 23.2 Å². The summed E-state index contributed by atoms with van der Waals surface area (Å²) >= 11 is 0. The summed E-state index contributed by atoms with van der Waals surface area (Å²) in [7, 11) is 0. The van der Waals surface area contributed by atoms with Gasteiger partial charge in [-0.2, -0.15) is 0 Å². The monoisotopic (exact) mass is 336 g/mol. The molecule has 3 fully saturated rings. The van der Waals surface area contributed by atoms with E-state index in [1.165, 1.54) is 12.8 Å². The van der Waals surface area contributed by atoms with Crippen LogP contribution in [0.1, 0.15) is 23.4 Å². The fourth-order valence-electron chi connectivity index (χ4n) is 4.06. The third-order valence-corrected chi connectivity index (χ3v) is 5.47. The predicted molar refractivity (Wildman–Crippen MR) is 94.3 cm³/mol. The van der Waals surface area contributed by atoms with Crippen LogP contribution in [0.4, 0.5) is 0 Å². The van der Waals surface area contributed by atoms with Crippen LogP contribution in [0.5, 0.6) is 0 Å². The zero-order valence-corrected chi connectivity index (χ0v) is 13.9. The van der Waals surface area contributed by atoms with E-state index < -0.39 is 0 Å². The van der Waals surface area contributed by atoms with E-state index in [9.17, 15) is 4.79 Å². The van der Waals surface area contributed by atoms with E-state index in [1.807, 2.05) is 30.3 Å². The van der Waals surface area contributed by atoms with Gasteiger partial charge in [-0.05, 0) is 56.1 Å². The maximum Gasteiger partial charge on any atom is 0.287 e. The van der Waals surface area contributed by atoms with Crippen molar-refractivity contribution in [1.29, 1.82) is 0 Å². The minimum Gasteiger partial charge on any atom is -0.453 e. The zero-order chi connectivity index (χ0) is 16.8. The van der Waals surface area contributed by atoms with Crippen molar-refractivity contribution in [3.63, 3.8) is 0 Å². The summed E-state index contributed by atoms with van der Waals surface area (Å²) in [5.74, 6) is 2.02. The molecule has 5 heterocycles. The molecule has 3 aromatic rings. The summed E-state index contributed by atoms with van der Waals surface area (Å²) in [6.45, 7) is 3.27. The number of benzene rings is 1. The summed E-state index contributed by atoms with van der Waals surface area (Å²) in [5, 5.41) is 4.17. The molecular weight excluding hydrogens is 316 g/mol. The van der Waals surface area contributed by atoms with Crippen molar-refractivity contribution in [1.82, 2.24) is 10.2 Å². The molecule has 0 aliphatic carbocycles. The van der Waals surface area contributed by atoms with Crippen molar-refractivity contribution in [3.05, 3.63) is 48.2 Å². The number of piperidine rings is 3. The van der Waals surface area contributed by atoms with E-state index in [-0.39, 0.29) is 11.9 Å². The van der Waals surface area contributed by atoms with Crippen LogP contribution < -0.4 is 5.32 Å². The van der Waals surface area contributed by atoms with Crippen LogP contribution in [0.2, 0.25) is 0 Å². The molecule has 3 aliphatic heterocycles. The fourth-order valence-corrected chi connectivity index (χ4v) is 4.06. The number of nitrogens with zero attached hydrogens (tertiary/aromatic N) is 1. The number of amides is 1. The molecule has 0 spiro atoms. The Bertz CT molecular complexity index is 885. The van der Waals surface area contributed by atoms with Crippen molar-refractivity contribution in [2.24, 2.45) is 5.92 Å². The Morgan fingerprint density at radius 1 is 1.04 bits per heavy atom. The van der Waals surface area contributed by atoms with Gasteiger partial charge in [0.05, 0.1) is 0 Å². The summed E-state index contributed by atoms with van der Waals surface area (Å²) in [6.07, 6.45) is 2.35. The molecule has 128 valence electrons. The largest absolute Gasteiger partial charge is 0.453 e. The first-order chi connectivity index (χ1) is 12.3. The number of rotatable bonds is 3. The molecule has 3 aliphatic rings. The third-order valence-electron chi connectivity index (χ3n) is 5.47. The molecule has 0 saturated carbocycles. The lowest BCUT2D eigenvalue weighted by Gasteiger charge is -2.44. The minimum absolute atomic E-state index is 0.138. The third kappa shape index (κ3) is 2.65. The normalized spacial score (nSPS) is 25.4. The van der Waals surface area contributed by atoms with E-state index >= 15 is 0 Å². The number of hydrogen-bond donors (Lipinski definition) is 1. The first kappa shape index (κ1) is 14.8. The topological polar surface area (TPSA) is 58.6 Å². The second-order valence-corrected chi connectivity index (χ2v) is 7.03. The van der Waals surface area contributed by atoms with Gasteiger partial charge in [-0.3, -0.25) is 4.79 Å². The molecule has 1 unspecified atom stereocenters. The highest BCUT2D eigenvalue weighted by atomic mass is 16.4. The molecule has 3 saturated heterocycles. The van der Waals surface area contributed by atoms with Crippen LogP contribution in [-0.2, 0) is 0 Å². The van der Waals surface area contributed by atoms with Crippen molar-refractivity contribution < 1.29 is 13.6 Å². The minimum atomic E-state index is -0.138. The van der Waals surface area contributed by atoms with Gasteiger partial charge in [0, 0.05) is 18.0 Å². The molecule has 1 aromatic carbocycles. The second-order valence-electron chi connectivity index (χ2n) is 7.03. The highest BCUT2D eigenvalue weighted by molar-refractivity contribution is 5.92. The zero-order valence-electron chi connectivity index (χ0n) is 13.9. The standard InChI is InChI=1S/C20H20N2O3/c23-20(21-15-12-22-9-7-13(15)8-10-22)18-6-5-17(25-18)19-11-14-3-1-2-4-16(14)24-19/h1-6,11,13,15H,7-10,12H2,(H,21,23). The van der Waals surface area contributed by atoms with Crippen molar-refractivity contribution in [2.45, 2.75) is 18.9 Å². The van der Waals surface area contributed by atoms with Crippen LogP contribution in [-0.4, -0.2) is 36.5 Å². The lowest BCUT2D eigenvalue weighted by Crippen LogP contribution is -2.57. The lowest BCUT2D eigenvalue weighted by molar-refractivity contribution is 0.0606. The first-order valence-electron chi connectivity index (χ1n) is 8.88. The Kier molecular flexibility index (Phi) is 3.41. The number of hydrogen-bond acceptors (Lipinski definition) is 4. The van der Waals surface area contributed by atoms with E-state index in [4.69, 9.17) is 8.83 Å². The van der Waals surface area contributed by atoms with E-state index in [0.717, 1.165) is 30.6 Å². The number of furan rings is 2. The second kappa shape index (κ2) is 5.77. The van der Waals surface area contributed by atoms with Crippen molar-refractivity contribution in [3.8, 4) is 11.5 Å². The Labute approximate surface area is 145 Å². The average molecular weight is 336 g/mol. The van der Waals surface area contributed by atoms with Gasteiger partial charge in [-0.25, -0.2) is 0 Å². The molecule has 25 heavy (non-hydrogen) atoms. The SMILES string of the molecule is O=C(NC1CN2CCC1CC2)c1ccc(-c2cc3ccccc3o2)o1. The van der Waals surface area contributed by atoms with Gasteiger partial charge in [-0.1, -0.05) is 18.2 Å². The van der Waals surface area contributed by atoms with Gasteiger partial charge in [0.15, 0.2) is 17.3 Å². The lowest BCUT2D eigenvalue weighted by atomic mass is 9.84. The molecule has 5 nitrogen and oxygen atoms in total. The highest BCUT2D eigenvalue weighted by Crippen LogP contribution is 2.30. The van der Waals surface area contributed by atoms with Gasteiger partial charge in [0.1, 0.15) is 5.58 Å². The molecule has 6 rings (SSSR count). The van der Waals surface area contributed by atoms with Gasteiger partial charge in [0.2, 0.25) is 0 Å². The molecule has 2 bridgehead atoms. The smallest absolute Gasteiger partial charge is 0.287 e. The number of para-hydroxylation sites is 1. The number of nitrogens with one attached hydrogen (secondary N) is 1. The maximum absolute atomic E-state index is 12.6. The van der Waals surface area contributed by atoms with E-state index in [2.05, 4.69) is 10.2 Å². The van der Waals surface area contributed by atoms with E-state index in [1.54, 1.807) is 12.1 Å². The molecule has 2 aromatic heterocycles. The van der Waals surface area contributed by atoms with Gasteiger partial charge in [0.25, 0.3) is 5.91 Å². The molecular formula is C20H20N2O3. The quantitative estimate of drug-likeness (QED) is 0.795. The maximum atomic E-state index is 12.6. The number of carbonyl (C=O) groups is 1. The molecule has 1 atom stereocenters. The Balaban J connectivity index is 1.34. The van der Waals surface area contributed by atoms with Crippen molar-refractivity contribution in [2.75, 3.05) is 19.6 Å². The highest BCUT2D eigenvalue weighted by Gasteiger charge is 2.35. The van der Waals surface area contributed by atoms with Crippen molar-refractivity contribution >= 4 is 16.9 Å².